The Morgan fingerprint density at radius 1 is 1.29 bits per heavy atom. The van der Waals surface area contributed by atoms with Crippen LogP contribution >= 0.6 is 0 Å². The summed E-state index contributed by atoms with van der Waals surface area (Å²) in [5.41, 5.74) is 1.83. The lowest BCUT2D eigenvalue weighted by Crippen LogP contribution is -2.45. The number of hydrogen-bond acceptors (Lipinski definition) is 3. The van der Waals surface area contributed by atoms with Crippen molar-refractivity contribution in [1.29, 1.82) is 0 Å². The quantitative estimate of drug-likeness (QED) is 0.855. The van der Waals surface area contributed by atoms with Crippen LogP contribution in [0.15, 0.2) is 24.3 Å². The molecule has 6 heteroatoms. The van der Waals surface area contributed by atoms with Crippen LogP contribution in [0.4, 0.5) is 0 Å². The van der Waals surface area contributed by atoms with Gasteiger partial charge in [0.05, 0.1) is 5.75 Å². The Morgan fingerprint density at radius 2 is 1.92 bits per heavy atom. The van der Waals surface area contributed by atoms with Crippen molar-refractivity contribution < 1.29 is 13.2 Å². The van der Waals surface area contributed by atoms with Crippen LogP contribution in [-0.2, 0) is 20.6 Å². The first kappa shape index (κ1) is 18.9. The van der Waals surface area contributed by atoms with E-state index in [-0.39, 0.29) is 23.6 Å². The number of carbonyl (C=O) groups excluding carboxylic acids is 1. The zero-order valence-electron chi connectivity index (χ0n) is 14.8. The number of nitrogens with zero attached hydrogens (tertiary/aromatic N) is 1. The molecule has 0 aromatic heterocycles. The molecule has 1 heterocycles. The third-order valence-corrected chi connectivity index (χ3v) is 6.65. The van der Waals surface area contributed by atoms with Gasteiger partial charge in [0.2, 0.25) is 15.9 Å². The third kappa shape index (κ3) is 4.80. The molecule has 5 nitrogen and oxygen atoms in total. The molecule has 0 aliphatic carbocycles. The Bertz CT molecular complexity index is 665. The molecule has 0 radical (unpaired) electrons. The molecular formula is C18H28N2O3S. The fraction of sp³-hybridized carbons (Fsp3) is 0.611. The average molecular weight is 353 g/mol. The molecule has 2 rings (SSSR count). The van der Waals surface area contributed by atoms with Gasteiger partial charge in [-0.2, -0.15) is 0 Å². The van der Waals surface area contributed by atoms with Crippen LogP contribution in [0.5, 0.6) is 0 Å². The summed E-state index contributed by atoms with van der Waals surface area (Å²) in [5, 5.41) is 2.99. The van der Waals surface area contributed by atoms with Crippen molar-refractivity contribution in [3.8, 4) is 0 Å². The van der Waals surface area contributed by atoms with Gasteiger partial charge in [-0.1, -0.05) is 31.2 Å². The predicted octanol–water partition coefficient (Wildman–Crippen LogP) is 2.45. The average Bonchev–Trinajstić information content (AvgIpc) is 2.56. The molecule has 0 unspecified atom stereocenters. The molecule has 24 heavy (non-hydrogen) atoms. The number of aryl methyl sites for hydroxylation is 1. The summed E-state index contributed by atoms with van der Waals surface area (Å²) in [6.07, 6.45) is 2.08. The van der Waals surface area contributed by atoms with Crippen LogP contribution in [0.3, 0.4) is 0 Å². The lowest BCUT2D eigenvalue weighted by atomic mass is 9.97. The summed E-state index contributed by atoms with van der Waals surface area (Å²) in [6.45, 7) is 6.79. The van der Waals surface area contributed by atoms with Crippen molar-refractivity contribution >= 4 is 15.9 Å². The minimum Gasteiger partial charge on any atom is -0.353 e. The topological polar surface area (TPSA) is 66.5 Å². The summed E-state index contributed by atoms with van der Waals surface area (Å²) >= 11 is 0. The highest BCUT2D eigenvalue weighted by atomic mass is 32.2. The number of carbonyl (C=O) groups is 1. The first-order valence-corrected chi connectivity index (χ1v) is 10.3. The minimum absolute atomic E-state index is 0.0312. The Labute approximate surface area is 145 Å². The van der Waals surface area contributed by atoms with Crippen molar-refractivity contribution in [2.45, 2.75) is 51.8 Å². The second-order valence-corrected chi connectivity index (χ2v) is 8.64. The number of amides is 1. The van der Waals surface area contributed by atoms with Gasteiger partial charge in [-0.05, 0) is 44.2 Å². The fourth-order valence-corrected chi connectivity index (χ4v) is 4.59. The molecule has 1 fully saturated rings. The maximum atomic E-state index is 12.6. The normalized spacial score (nSPS) is 18.3. The number of piperidine rings is 1. The molecule has 1 aromatic rings. The largest absolute Gasteiger partial charge is 0.353 e. The third-order valence-electron chi connectivity index (χ3n) is 4.82. The number of benzene rings is 1. The first-order valence-electron chi connectivity index (χ1n) is 8.66. The Morgan fingerprint density at radius 3 is 2.50 bits per heavy atom. The van der Waals surface area contributed by atoms with E-state index in [1.807, 2.05) is 45.0 Å². The molecule has 1 aromatic carbocycles. The van der Waals surface area contributed by atoms with Crippen molar-refractivity contribution in [3.63, 3.8) is 0 Å². The van der Waals surface area contributed by atoms with E-state index in [4.69, 9.17) is 0 Å². The van der Waals surface area contributed by atoms with Gasteiger partial charge in [0, 0.05) is 25.0 Å². The second kappa shape index (κ2) is 8.12. The van der Waals surface area contributed by atoms with E-state index in [0.29, 0.717) is 25.9 Å². The smallest absolute Gasteiger partial charge is 0.223 e. The first-order chi connectivity index (χ1) is 11.3. The summed E-state index contributed by atoms with van der Waals surface area (Å²) in [5.74, 6) is 0.00728. The fourth-order valence-electron chi connectivity index (χ4n) is 2.92. The molecule has 134 valence electrons. The van der Waals surface area contributed by atoms with E-state index in [2.05, 4.69) is 5.32 Å². The van der Waals surface area contributed by atoms with Crippen LogP contribution in [0.1, 0.15) is 44.2 Å². The highest BCUT2D eigenvalue weighted by Gasteiger charge is 2.31. The molecule has 0 spiro atoms. The Balaban J connectivity index is 1.93. The SMILES string of the molecule is CC[C@@H](C)NC(=O)C1CCN(S(=O)(=O)Cc2ccccc2C)CC1. The highest BCUT2D eigenvalue weighted by Crippen LogP contribution is 2.22. The van der Waals surface area contributed by atoms with Gasteiger partial charge in [0.25, 0.3) is 0 Å². The number of nitrogens with one attached hydrogen (secondary N) is 1. The van der Waals surface area contributed by atoms with Crippen LogP contribution in [-0.4, -0.2) is 37.8 Å². The summed E-state index contributed by atoms with van der Waals surface area (Å²) < 4.78 is 26.8. The molecule has 1 saturated heterocycles. The van der Waals surface area contributed by atoms with E-state index >= 15 is 0 Å². The summed E-state index contributed by atoms with van der Waals surface area (Å²) in [7, 11) is -3.33. The van der Waals surface area contributed by atoms with Gasteiger partial charge < -0.3 is 5.32 Å². The van der Waals surface area contributed by atoms with E-state index in [1.54, 1.807) is 0 Å². The van der Waals surface area contributed by atoms with Gasteiger partial charge in [0.1, 0.15) is 0 Å². The molecule has 1 N–H and O–H groups in total. The van der Waals surface area contributed by atoms with Crippen molar-refractivity contribution in [2.24, 2.45) is 5.92 Å². The van der Waals surface area contributed by atoms with Crippen molar-refractivity contribution in [2.75, 3.05) is 13.1 Å². The van der Waals surface area contributed by atoms with E-state index in [9.17, 15) is 13.2 Å². The van der Waals surface area contributed by atoms with Gasteiger partial charge in [0.15, 0.2) is 0 Å². The van der Waals surface area contributed by atoms with Gasteiger partial charge in [-0.15, -0.1) is 0 Å². The van der Waals surface area contributed by atoms with E-state index < -0.39 is 10.0 Å². The van der Waals surface area contributed by atoms with E-state index in [1.165, 1.54) is 4.31 Å². The highest BCUT2D eigenvalue weighted by molar-refractivity contribution is 7.88. The number of rotatable bonds is 6. The maximum absolute atomic E-state index is 12.6. The predicted molar refractivity (Wildman–Crippen MR) is 96.0 cm³/mol. The Kier molecular flexibility index (Phi) is 6.40. The zero-order chi connectivity index (χ0) is 17.7. The van der Waals surface area contributed by atoms with Crippen molar-refractivity contribution in [3.05, 3.63) is 35.4 Å². The Hall–Kier alpha value is -1.40. The van der Waals surface area contributed by atoms with Gasteiger partial charge >= 0.3 is 0 Å². The molecule has 1 atom stereocenters. The standard InChI is InChI=1S/C18H28N2O3S/c1-4-15(3)19-18(21)16-9-11-20(12-10-16)24(22,23)13-17-8-6-5-7-14(17)2/h5-8,15-16H,4,9-13H2,1-3H3,(H,19,21)/t15-/m1/s1. The molecule has 0 saturated carbocycles. The summed E-state index contributed by atoms with van der Waals surface area (Å²) in [6, 6.07) is 7.73. The second-order valence-electron chi connectivity index (χ2n) is 6.67. The molecule has 1 aliphatic heterocycles. The molecule has 0 bridgehead atoms. The number of sulfonamides is 1. The molecular weight excluding hydrogens is 324 g/mol. The maximum Gasteiger partial charge on any atom is 0.223 e. The van der Waals surface area contributed by atoms with Crippen molar-refractivity contribution in [1.82, 2.24) is 9.62 Å². The van der Waals surface area contributed by atoms with Crippen LogP contribution in [0.2, 0.25) is 0 Å². The van der Waals surface area contributed by atoms with E-state index in [0.717, 1.165) is 17.5 Å². The van der Waals surface area contributed by atoms with Gasteiger partial charge in [-0.3, -0.25) is 4.79 Å². The van der Waals surface area contributed by atoms with Crippen LogP contribution in [0, 0.1) is 12.8 Å². The monoisotopic (exact) mass is 352 g/mol. The molecule has 1 aliphatic rings. The minimum atomic E-state index is -3.33. The van der Waals surface area contributed by atoms with Crippen LogP contribution < -0.4 is 5.32 Å². The number of hydrogen-bond donors (Lipinski definition) is 1. The lowest BCUT2D eigenvalue weighted by Gasteiger charge is -2.31. The molecule has 1 amide bonds. The van der Waals surface area contributed by atoms with Gasteiger partial charge in [-0.25, -0.2) is 12.7 Å². The zero-order valence-corrected chi connectivity index (χ0v) is 15.6. The lowest BCUT2D eigenvalue weighted by molar-refractivity contribution is -0.126. The summed E-state index contributed by atoms with van der Waals surface area (Å²) in [4.78, 5) is 12.2. The van der Waals surface area contributed by atoms with Crippen LogP contribution in [0.25, 0.3) is 0 Å².